The molecule has 2 heterocycles. The average molecular weight is 386 g/mol. The number of aliphatic carboxylic acids is 1. The van der Waals surface area contributed by atoms with Gasteiger partial charge in [0.25, 0.3) is 5.91 Å². The molecule has 0 aliphatic rings. The normalized spacial score (nSPS) is 12.1. The zero-order valence-corrected chi connectivity index (χ0v) is 15.3. The number of benzene rings is 1. The summed E-state index contributed by atoms with van der Waals surface area (Å²) in [5, 5.41) is 16.8. The van der Waals surface area contributed by atoms with Crippen LogP contribution in [0.1, 0.15) is 30.2 Å². The molecule has 8 nitrogen and oxygen atoms in total. The van der Waals surface area contributed by atoms with Crippen LogP contribution < -0.4 is 10.1 Å². The molecule has 146 valence electrons. The molecule has 1 atom stereocenters. The van der Waals surface area contributed by atoms with E-state index in [1.165, 1.54) is 18.3 Å². The van der Waals surface area contributed by atoms with Crippen molar-refractivity contribution in [2.75, 3.05) is 6.54 Å². The summed E-state index contributed by atoms with van der Waals surface area (Å²) >= 11 is 0. The lowest BCUT2D eigenvalue weighted by Crippen LogP contribution is -2.40. The number of carbonyl (C=O) groups is 2. The molecule has 0 bridgehead atoms. The number of halogens is 1. The Kier molecular flexibility index (Phi) is 5.53. The van der Waals surface area contributed by atoms with Crippen LogP contribution in [0.5, 0.6) is 5.75 Å². The van der Waals surface area contributed by atoms with Crippen LogP contribution in [0.4, 0.5) is 4.39 Å². The van der Waals surface area contributed by atoms with E-state index in [1.807, 2.05) is 13.8 Å². The largest absolute Gasteiger partial charge is 0.478 e. The first-order valence-electron chi connectivity index (χ1n) is 8.61. The summed E-state index contributed by atoms with van der Waals surface area (Å²) in [4.78, 5) is 28.0. The number of carboxylic acid groups (broad SMARTS) is 1. The quantitative estimate of drug-likeness (QED) is 0.646. The maximum absolute atomic E-state index is 12.9. The number of fused-ring (bicyclic) bond motifs is 1. The molecule has 1 amide bonds. The molecule has 3 rings (SSSR count). The van der Waals surface area contributed by atoms with Gasteiger partial charge in [0.2, 0.25) is 6.10 Å². The Morgan fingerprint density at radius 1 is 1.25 bits per heavy atom. The van der Waals surface area contributed by atoms with Crippen molar-refractivity contribution in [1.29, 1.82) is 0 Å². The van der Waals surface area contributed by atoms with Gasteiger partial charge in [0.05, 0.1) is 18.3 Å². The second-order valence-electron chi connectivity index (χ2n) is 6.43. The standard InChI is InChI=1S/C19H19FN4O4/c1-11(2)24-17-12(9-23-24)7-13(8-21-17)18(25)22-10-16(19(26)27)28-15-5-3-14(20)4-6-15/h3-9,11,16H,10H2,1-2H3,(H,22,25)(H,26,27). The Hall–Kier alpha value is -3.49. The van der Waals surface area contributed by atoms with Gasteiger partial charge in [0.15, 0.2) is 5.65 Å². The van der Waals surface area contributed by atoms with Gasteiger partial charge in [-0.05, 0) is 44.2 Å². The Balaban J connectivity index is 1.68. The van der Waals surface area contributed by atoms with E-state index in [4.69, 9.17) is 4.74 Å². The van der Waals surface area contributed by atoms with Crippen LogP contribution >= 0.6 is 0 Å². The average Bonchev–Trinajstić information content (AvgIpc) is 3.09. The molecule has 0 aliphatic heterocycles. The van der Waals surface area contributed by atoms with Crippen LogP contribution in [0.15, 0.2) is 42.7 Å². The highest BCUT2D eigenvalue weighted by atomic mass is 19.1. The van der Waals surface area contributed by atoms with Crippen LogP contribution in [-0.4, -0.2) is 44.4 Å². The Labute approximate surface area is 159 Å². The number of aromatic nitrogens is 3. The fourth-order valence-corrected chi connectivity index (χ4v) is 2.59. The fraction of sp³-hybridized carbons (Fsp3) is 0.263. The van der Waals surface area contributed by atoms with Gasteiger partial charge in [-0.15, -0.1) is 0 Å². The summed E-state index contributed by atoms with van der Waals surface area (Å²) in [7, 11) is 0. The lowest BCUT2D eigenvalue weighted by atomic mass is 10.2. The maximum Gasteiger partial charge on any atom is 0.346 e. The van der Waals surface area contributed by atoms with E-state index in [0.29, 0.717) is 11.0 Å². The molecule has 0 saturated carbocycles. The first-order valence-corrected chi connectivity index (χ1v) is 8.61. The van der Waals surface area contributed by atoms with E-state index in [0.717, 1.165) is 12.1 Å². The van der Waals surface area contributed by atoms with E-state index in [1.54, 1.807) is 16.9 Å². The zero-order chi connectivity index (χ0) is 20.3. The van der Waals surface area contributed by atoms with Gasteiger partial charge in [-0.2, -0.15) is 5.10 Å². The summed E-state index contributed by atoms with van der Waals surface area (Å²) in [5.41, 5.74) is 0.941. The summed E-state index contributed by atoms with van der Waals surface area (Å²) in [6.07, 6.45) is 1.71. The number of pyridine rings is 1. The van der Waals surface area contributed by atoms with Crippen LogP contribution in [0.2, 0.25) is 0 Å². The molecular weight excluding hydrogens is 367 g/mol. The third-order valence-electron chi connectivity index (χ3n) is 4.00. The zero-order valence-electron chi connectivity index (χ0n) is 15.3. The van der Waals surface area contributed by atoms with Crippen molar-refractivity contribution in [3.63, 3.8) is 0 Å². The number of nitrogens with zero attached hydrogens (tertiary/aromatic N) is 3. The van der Waals surface area contributed by atoms with Gasteiger partial charge in [-0.25, -0.2) is 18.9 Å². The molecule has 0 spiro atoms. The SMILES string of the molecule is CC(C)n1ncc2cc(C(=O)NCC(Oc3ccc(F)cc3)C(=O)O)cnc21. The van der Waals surface area contributed by atoms with Gasteiger partial charge in [-0.3, -0.25) is 4.79 Å². The number of carbonyl (C=O) groups excluding carboxylic acids is 1. The molecule has 0 fully saturated rings. The summed E-state index contributed by atoms with van der Waals surface area (Å²) in [6.45, 7) is 3.68. The van der Waals surface area contributed by atoms with Crippen molar-refractivity contribution in [1.82, 2.24) is 20.1 Å². The predicted molar refractivity (Wildman–Crippen MR) is 98.7 cm³/mol. The molecule has 2 aromatic heterocycles. The molecule has 1 unspecified atom stereocenters. The number of hydrogen-bond donors (Lipinski definition) is 2. The van der Waals surface area contributed by atoms with Crippen LogP contribution in [0.3, 0.4) is 0 Å². The second-order valence-corrected chi connectivity index (χ2v) is 6.43. The van der Waals surface area contributed by atoms with Crippen LogP contribution in [0, 0.1) is 5.82 Å². The summed E-state index contributed by atoms with van der Waals surface area (Å²) in [5.74, 6) is -2.01. The minimum absolute atomic E-state index is 0.129. The maximum atomic E-state index is 12.9. The minimum atomic E-state index is -1.32. The Morgan fingerprint density at radius 3 is 2.61 bits per heavy atom. The molecule has 0 aliphatic carbocycles. The first-order chi connectivity index (χ1) is 13.3. The highest BCUT2D eigenvalue weighted by Crippen LogP contribution is 2.17. The second kappa shape index (κ2) is 8.03. The van der Waals surface area contributed by atoms with Gasteiger partial charge < -0.3 is 15.2 Å². The molecule has 28 heavy (non-hydrogen) atoms. The molecule has 0 saturated heterocycles. The van der Waals surface area contributed by atoms with Crippen molar-refractivity contribution in [2.45, 2.75) is 26.0 Å². The van der Waals surface area contributed by atoms with E-state index >= 15 is 0 Å². The lowest BCUT2D eigenvalue weighted by molar-refractivity contribution is -0.144. The molecule has 3 aromatic rings. The van der Waals surface area contributed by atoms with Crippen molar-refractivity contribution in [2.24, 2.45) is 0 Å². The van der Waals surface area contributed by atoms with Crippen molar-refractivity contribution in [3.8, 4) is 5.75 Å². The third-order valence-corrected chi connectivity index (χ3v) is 4.00. The van der Waals surface area contributed by atoms with Gasteiger partial charge >= 0.3 is 5.97 Å². The monoisotopic (exact) mass is 386 g/mol. The number of rotatable bonds is 7. The van der Waals surface area contributed by atoms with Gasteiger partial charge in [-0.1, -0.05) is 0 Å². The molecular formula is C19H19FN4O4. The Morgan fingerprint density at radius 2 is 1.96 bits per heavy atom. The first kappa shape index (κ1) is 19.3. The molecule has 2 N–H and O–H groups in total. The number of hydrogen-bond acceptors (Lipinski definition) is 5. The van der Waals surface area contributed by atoms with Gasteiger partial charge in [0, 0.05) is 17.6 Å². The predicted octanol–water partition coefficient (Wildman–Crippen LogP) is 2.41. The summed E-state index contributed by atoms with van der Waals surface area (Å²) < 4.78 is 20.0. The molecule has 0 radical (unpaired) electrons. The van der Waals surface area contributed by atoms with Crippen molar-refractivity contribution >= 4 is 22.9 Å². The fourth-order valence-electron chi connectivity index (χ4n) is 2.59. The van der Waals surface area contributed by atoms with E-state index in [-0.39, 0.29) is 23.9 Å². The third kappa shape index (κ3) is 4.25. The van der Waals surface area contributed by atoms with Crippen molar-refractivity contribution in [3.05, 3.63) is 54.1 Å². The molecule has 1 aromatic carbocycles. The van der Waals surface area contributed by atoms with E-state index in [2.05, 4.69) is 15.4 Å². The highest BCUT2D eigenvalue weighted by Gasteiger charge is 2.21. The number of amides is 1. The van der Waals surface area contributed by atoms with E-state index in [9.17, 15) is 19.1 Å². The van der Waals surface area contributed by atoms with Gasteiger partial charge in [0.1, 0.15) is 11.6 Å². The van der Waals surface area contributed by atoms with E-state index < -0.39 is 23.8 Å². The number of carboxylic acids is 1. The number of nitrogens with one attached hydrogen (secondary N) is 1. The van der Waals surface area contributed by atoms with Crippen LogP contribution in [-0.2, 0) is 4.79 Å². The number of ether oxygens (including phenoxy) is 1. The van der Waals surface area contributed by atoms with Crippen LogP contribution in [0.25, 0.3) is 11.0 Å². The topological polar surface area (TPSA) is 106 Å². The Bertz CT molecular complexity index is 1000. The smallest absolute Gasteiger partial charge is 0.346 e. The lowest BCUT2D eigenvalue weighted by Gasteiger charge is -2.16. The highest BCUT2D eigenvalue weighted by molar-refractivity contribution is 5.97. The molecule has 9 heteroatoms. The minimum Gasteiger partial charge on any atom is -0.478 e. The van der Waals surface area contributed by atoms with Crippen molar-refractivity contribution < 1.29 is 23.8 Å². The summed E-state index contributed by atoms with van der Waals surface area (Å²) in [6, 6.07) is 6.72.